The maximum atomic E-state index is 11.8. The highest BCUT2D eigenvalue weighted by molar-refractivity contribution is 5.95. The van der Waals surface area contributed by atoms with Crippen molar-refractivity contribution < 1.29 is 9.59 Å². The Kier molecular flexibility index (Phi) is 5.12. The number of hydrazine groups is 1. The molecule has 1 aliphatic heterocycles. The Morgan fingerprint density at radius 3 is 2.70 bits per heavy atom. The minimum atomic E-state index is -0.300. The van der Waals surface area contributed by atoms with Gasteiger partial charge in [0.05, 0.1) is 6.54 Å². The van der Waals surface area contributed by atoms with Gasteiger partial charge in [-0.05, 0) is 37.4 Å². The van der Waals surface area contributed by atoms with Crippen molar-refractivity contribution in [3.05, 3.63) is 35.9 Å². The zero-order chi connectivity index (χ0) is 14.4. The van der Waals surface area contributed by atoms with E-state index < -0.39 is 0 Å². The van der Waals surface area contributed by atoms with E-state index in [9.17, 15) is 9.59 Å². The van der Waals surface area contributed by atoms with Crippen LogP contribution in [-0.2, 0) is 4.79 Å². The van der Waals surface area contributed by atoms with E-state index in [1.165, 1.54) is 6.42 Å². The van der Waals surface area contributed by atoms with Gasteiger partial charge in [0.1, 0.15) is 0 Å². The van der Waals surface area contributed by atoms with Gasteiger partial charge in [0.2, 0.25) is 0 Å². The molecule has 0 radical (unpaired) electrons. The standard InChI is InChI=1S/C15H21N3O2/c1-12-6-5-9-18(10-12)11-14(19)16-17-15(20)13-7-3-2-4-8-13/h2-4,7-8,12H,5-6,9-11H2,1H3,(H,16,19)(H,17,20)/t12-/m1/s1. The van der Waals surface area contributed by atoms with E-state index in [1.54, 1.807) is 24.3 Å². The minimum absolute atomic E-state index is 0.177. The summed E-state index contributed by atoms with van der Waals surface area (Å²) in [5.74, 6) is 0.157. The smallest absolute Gasteiger partial charge is 0.269 e. The fourth-order valence-corrected chi connectivity index (χ4v) is 2.46. The number of piperidine rings is 1. The average Bonchev–Trinajstić information content (AvgIpc) is 2.46. The van der Waals surface area contributed by atoms with Crippen LogP contribution in [0.4, 0.5) is 0 Å². The van der Waals surface area contributed by atoms with Crippen LogP contribution in [0.1, 0.15) is 30.1 Å². The Hall–Kier alpha value is -1.88. The van der Waals surface area contributed by atoms with Gasteiger partial charge in [-0.25, -0.2) is 0 Å². The summed E-state index contributed by atoms with van der Waals surface area (Å²) in [4.78, 5) is 25.7. The zero-order valence-corrected chi connectivity index (χ0v) is 11.8. The largest absolute Gasteiger partial charge is 0.294 e. The van der Waals surface area contributed by atoms with Crippen LogP contribution in [0.15, 0.2) is 30.3 Å². The van der Waals surface area contributed by atoms with Gasteiger partial charge in [-0.1, -0.05) is 25.1 Å². The van der Waals surface area contributed by atoms with Gasteiger partial charge in [-0.3, -0.25) is 25.3 Å². The molecule has 1 aromatic rings. The second kappa shape index (κ2) is 7.05. The number of nitrogens with one attached hydrogen (secondary N) is 2. The van der Waals surface area contributed by atoms with Crippen molar-refractivity contribution in [3.8, 4) is 0 Å². The van der Waals surface area contributed by atoms with Crippen LogP contribution in [0.25, 0.3) is 0 Å². The van der Waals surface area contributed by atoms with Gasteiger partial charge < -0.3 is 0 Å². The summed E-state index contributed by atoms with van der Waals surface area (Å²) in [6, 6.07) is 8.81. The number of hydrogen-bond donors (Lipinski definition) is 2. The predicted molar refractivity (Wildman–Crippen MR) is 76.9 cm³/mol. The normalized spacial score (nSPS) is 19.4. The number of hydrogen-bond acceptors (Lipinski definition) is 3. The number of carbonyl (C=O) groups is 2. The van der Waals surface area contributed by atoms with E-state index in [2.05, 4.69) is 22.7 Å². The first-order chi connectivity index (χ1) is 9.65. The average molecular weight is 275 g/mol. The van der Waals surface area contributed by atoms with Gasteiger partial charge in [0, 0.05) is 12.1 Å². The Balaban J connectivity index is 1.73. The van der Waals surface area contributed by atoms with Gasteiger partial charge in [0.25, 0.3) is 11.8 Å². The van der Waals surface area contributed by atoms with Crippen molar-refractivity contribution in [2.24, 2.45) is 5.92 Å². The molecule has 1 heterocycles. The lowest BCUT2D eigenvalue weighted by atomic mass is 10.0. The first-order valence-corrected chi connectivity index (χ1v) is 7.02. The summed E-state index contributed by atoms with van der Waals surface area (Å²) in [6.07, 6.45) is 2.35. The lowest BCUT2D eigenvalue weighted by Gasteiger charge is -2.30. The van der Waals surface area contributed by atoms with Crippen molar-refractivity contribution >= 4 is 11.8 Å². The fourth-order valence-electron chi connectivity index (χ4n) is 2.46. The van der Waals surface area contributed by atoms with E-state index in [0.29, 0.717) is 18.0 Å². The molecule has 1 fully saturated rings. The van der Waals surface area contributed by atoms with Crippen molar-refractivity contribution in [2.45, 2.75) is 19.8 Å². The molecule has 2 rings (SSSR count). The number of nitrogens with zero attached hydrogens (tertiary/aromatic N) is 1. The third-order valence-electron chi connectivity index (χ3n) is 3.46. The molecule has 0 saturated carbocycles. The predicted octanol–water partition coefficient (Wildman–Crippen LogP) is 1.18. The maximum absolute atomic E-state index is 11.8. The van der Waals surface area contributed by atoms with E-state index in [0.717, 1.165) is 19.5 Å². The SMILES string of the molecule is C[C@@H]1CCCN(CC(=O)NNC(=O)c2ccccc2)C1. The highest BCUT2D eigenvalue weighted by Gasteiger charge is 2.18. The van der Waals surface area contributed by atoms with E-state index in [4.69, 9.17) is 0 Å². The zero-order valence-electron chi connectivity index (χ0n) is 11.8. The summed E-state index contributed by atoms with van der Waals surface area (Å²) in [7, 11) is 0. The van der Waals surface area contributed by atoms with Gasteiger partial charge in [-0.2, -0.15) is 0 Å². The van der Waals surface area contributed by atoms with Crippen LogP contribution < -0.4 is 10.9 Å². The number of carbonyl (C=O) groups excluding carboxylic acids is 2. The second-order valence-electron chi connectivity index (χ2n) is 5.35. The molecule has 20 heavy (non-hydrogen) atoms. The number of benzene rings is 1. The molecule has 0 aliphatic carbocycles. The maximum Gasteiger partial charge on any atom is 0.269 e. The van der Waals surface area contributed by atoms with Crippen LogP contribution in [-0.4, -0.2) is 36.3 Å². The highest BCUT2D eigenvalue weighted by Crippen LogP contribution is 2.14. The van der Waals surface area contributed by atoms with Crippen molar-refractivity contribution in [1.29, 1.82) is 0 Å². The number of rotatable bonds is 3. The summed E-state index contributed by atoms with van der Waals surface area (Å²) < 4.78 is 0. The summed E-state index contributed by atoms with van der Waals surface area (Å²) >= 11 is 0. The lowest BCUT2D eigenvalue weighted by molar-refractivity contribution is -0.123. The molecular formula is C15H21N3O2. The Bertz CT molecular complexity index is 461. The molecule has 1 saturated heterocycles. The molecule has 2 amide bonds. The van der Waals surface area contributed by atoms with Gasteiger partial charge in [0.15, 0.2) is 0 Å². The third kappa shape index (κ3) is 4.35. The van der Waals surface area contributed by atoms with Crippen LogP contribution in [0.5, 0.6) is 0 Å². The molecule has 0 bridgehead atoms. The topological polar surface area (TPSA) is 61.4 Å². The second-order valence-corrected chi connectivity index (χ2v) is 5.35. The lowest BCUT2D eigenvalue weighted by Crippen LogP contribution is -2.48. The minimum Gasteiger partial charge on any atom is -0.294 e. The van der Waals surface area contributed by atoms with Crippen LogP contribution in [0.3, 0.4) is 0 Å². The first-order valence-electron chi connectivity index (χ1n) is 7.02. The molecule has 0 unspecified atom stereocenters. The van der Waals surface area contributed by atoms with Gasteiger partial charge in [-0.15, -0.1) is 0 Å². The van der Waals surface area contributed by atoms with Crippen LogP contribution in [0.2, 0.25) is 0 Å². The summed E-state index contributed by atoms with van der Waals surface area (Å²) in [5.41, 5.74) is 5.42. The summed E-state index contributed by atoms with van der Waals surface area (Å²) in [6.45, 7) is 4.42. The Morgan fingerprint density at radius 1 is 1.25 bits per heavy atom. The van der Waals surface area contributed by atoms with E-state index >= 15 is 0 Å². The first kappa shape index (κ1) is 14.5. The molecule has 5 nitrogen and oxygen atoms in total. The summed E-state index contributed by atoms with van der Waals surface area (Å²) in [5, 5.41) is 0. The molecule has 2 N–H and O–H groups in total. The molecule has 0 spiro atoms. The molecule has 5 heteroatoms. The Morgan fingerprint density at radius 2 is 2.00 bits per heavy atom. The molecular weight excluding hydrogens is 254 g/mol. The molecule has 1 aliphatic rings. The van der Waals surface area contributed by atoms with Crippen molar-refractivity contribution in [2.75, 3.05) is 19.6 Å². The Labute approximate surface area is 119 Å². The monoisotopic (exact) mass is 275 g/mol. The molecule has 108 valence electrons. The van der Waals surface area contributed by atoms with E-state index in [1.807, 2.05) is 6.07 Å². The van der Waals surface area contributed by atoms with Crippen molar-refractivity contribution in [3.63, 3.8) is 0 Å². The van der Waals surface area contributed by atoms with Gasteiger partial charge >= 0.3 is 0 Å². The quantitative estimate of drug-likeness (QED) is 0.814. The number of amides is 2. The van der Waals surface area contributed by atoms with Crippen LogP contribution >= 0.6 is 0 Å². The van der Waals surface area contributed by atoms with Crippen molar-refractivity contribution in [1.82, 2.24) is 15.8 Å². The molecule has 1 atom stereocenters. The number of likely N-dealkylation sites (tertiary alicyclic amines) is 1. The highest BCUT2D eigenvalue weighted by atomic mass is 16.2. The molecule has 1 aromatic carbocycles. The third-order valence-corrected chi connectivity index (χ3v) is 3.46. The van der Waals surface area contributed by atoms with Crippen LogP contribution in [0, 0.1) is 5.92 Å². The van der Waals surface area contributed by atoms with E-state index in [-0.39, 0.29) is 11.8 Å². The molecule has 0 aromatic heterocycles. The fraction of sp³-hybridized carbons (Fsp3) is 0.467.